The molecule has 0 unspecified atom stereocenters. The van der Waals surface area contributed by atoms with Crippen LogP contribution in [0.3, 0.4) is 0 Å². The number of aromatic nitrogens is 2. The Balaban J connectivity index is 1.34. The highest BCUT2D eigenvalue weighted by Crippen LogP contribution is 2.13. The number of anilines is 1. The van der Waals surface area contributed by atoms with Gasteiger partial charge in [0.15, 0.2) is 5.76 Å². The molecule has 2 saturated heterocycles. The Hall–Kier alpha value is -2.94. The van der Waals surface area contributed by atoms with E-state index in [1.807, 2.05) is 4.90 Å². The molecule has 2 amide bonds. The Morgan fingerprint density at radius 1 is 0.889 bits per heavy atom. The molecule has 27 heavy (non-hydrogen) atoms. The van der Waals surface area contributed by atoms with Gasteiger partial charge in [-0.05, 0) is 12.1 Å². The largest absolute Gasteiger partial charge is 0.459 e. The summed E-state index contributed by atoms with van der Waals surface area (Å²) < 4.78 is 10.5. The average Bonchev–Trinajstić information content (AvgIpc) is 3.28. The molecule has 9 heteroatoms. The van der Waals surface area contributed by atoms with Gasteiger partial charge in [-0.1, -0.05) is 0 Å². The molecule has 9 nitrogen and oxygen atoms in total. The predicted octanol–water partition coefficient (Wildman–Crippen LogP) is 0.504. The first kappa shape index (κ1) is 17.5. The summed E-state index contributed by atoms with van der Waals surface area (Å²) in [5.74, 6) is 0.671. The van der Waals surface area contributed by atoms with Crippen LogP contribution in [-0.4, -0.2) is 84.1 Å². The number of nitrogens with zero attached hydrogens (tertiary/aromatic N) is 5. The van der Waals surface area contributed by atoms with E-state index in [0.29, 0.717) is 56.7 Å². The topological polar surface area (TPSA) is 92.0 Å². The maximum Gasteiger partial charge on any atom is 0.289 e. The van der Waals surface area contributed by atoms with Crippen molar-refractivity contribution in [2.24, 2.45) is 0 Å². The minimum absolute atomic E-state index is 0.117. The zero-order valence-corrected chi connectivity index (χ0v) is 14.9. The van der Waals surface area contributed by atoms with Crippen molar-refractivity contribution in [2.45, 2.75) is 0 Å². The van der Waals surface area contributed by atoms with Crippen molar-refractivity contribution in [3.05, 3.63) is 42.1 Å². The van der Waals surface area contributed by atoms with Crippen LogP contribution in [0.15, 0.2) is 35.2 Å². The highest BCUT2D eigenvalue weighted by atomic mass is 16.5. The molecule has 0 aromatic carbocycles. The molecule has 2 aromatic heterocycles. The van der Waals surface area contributed by atoms with E-state index in [1.54, 1.807) is 34.3 Å². The third-order valence-corrected chi connectivity index (χ3v) is 4.77. The van der Waals surface area contributed by atoms with Crippen molar-refractivity contribution in [2.75, 3.05) is 57.4 Å². The minimum Gasteiger partial charge on any atom is -0.459 e. The average molecular weight is 371 g/mol. The Bertz CT molecular complexity index is 779. The van der Waals surface area contributed by atoms with Crippen LogP contribution in [0.5, 0.6) is 0 Å². The van der Waals surface area contributed by atoms with E-state index in [0.717, 1.165) is 13.1 Å². The van der Waals surface area contributed by atoms with Gasteiger partial charge in [0.25, 0.3) is 11.8 Å². The molecule has 142 valence electrons. The molecule has 2 aliphatic heterocycles. The van der Waals surface area contributed by atoms with Gasteiger partial charge in [-0.25, -0.2) is 9.97 Å². The van der Waals surface area contributed by atoms with Crippen LogP contribution in [0.2, 0.25) is 0 Å². The molecule has 0 spiro atoms. The van der Waals surface area contributed by atoms with Crippen LogP contribution in [-0.2, 0) is 4.74 Å². The maximum atomic E-state index is 12.7. The molecule has 4 rings (SSSR count). The van der Waals surface area contributed by atoms with Gasteiger partial charge in [-0.3, -0.25) is 9.59 Å². The Morgan fingerprint density at radius 3 is 2.11 bits per heavy atom. The summed E-state index contributed by atoms with van der Waals surface area (Å²) in [5.41, 5.74) is 0.456. The Labute approximate surface area is 156 Å². The molecule has 0 atom stereocenters. The van der Waals surface area contributed by atoms with Crippen molar-refractivity contribution < 1.29 is 18.7 Å². The number of morpholine rings is 1. The lowest BCUT2D eigenvalue weighted by Crippen LogP contribution is -2.50. The summed E-state index contributed by atoms with van der Waals surface area (Å²) in [6, 6.07) is 3.33. The molecule has 0 N–H and O–H groups in total. The number of amides is 2. The number of carbonyl (C=O) groups excluding carboxylic acids is 2. The van der Waals surface area contributed by atoms with Crippen molar-refractivity contribution in [3.63, 3.8) is 0 Å². The van der Waals surface area contributed by atoms with Gasteiger partial charge < -0.3 is 23.9 Å². The molecule has 0 bridgehead atoms. The van der Waals surface area contributed by atoms with E-state index in [4.69, 9.17) is 9.15 Å². The fraction of sp³-hybridized carbons (Fsp3) is 0.444. The van der Waals surface area contributed by atoms with Gasteiger partial charge in [0.1, 0.15) is 0 Å². The van der Waals surface area contributed by atoms with Crippen LogP contribution in [0, 0.1) is 0 Å². The summed E-state index contributed by atoms with van der Waals surface area (Å²) in [6.07, 6.45) is 4.62. The van der Waals surface area contributed by atoms with Gasteiger partial charge in [-0.15, -0.1) is 0 Å². The molecule has 0 saturated carbocycles. The van der Waals surface area contributed by atoms with Gasteiger partial charge in [-0.2, -0.15) is 0 Å². The second-order valence-electron chi connectivity index (χ2n) is 6.43. The lowest BCUT2D eigenvalue weighted by atomic mass is 10.2. The van der Waals surface area contributed by atoms with E-state index in [1.165, 1.54) is 6.26 Å². The van der Waals surface area contributed by atoms with Crippen molar-refractivity contribution in [1.29, 1.82) is 0 Å². The van der Waals surface area contributed by atoms with Crippen molar-refractivity contribution in [3.8, 4) is 0 Å². The Kier molecular flexibility index (Phi) is 5.01. The fourth-order valence-electron chi connectivity index (χ4n) is 3.21. The van der Waals surface area contributed by atoms with Crippen LogP contribution >= 0.6 is 0 Å². The molecule has 2 fully saturated rings. The molecule has 0 aliphatic carbocycles. The summed E-state index contributed by atoms with van der Waals surface area (Å²) >= 11 is 0. The normalized spacial score (nSPS) is 17.9. The number of piperazine rings is 1. The third kappa shape index (κ3) is 3.77. The summed E-state index contributed by atoms with van der Waals surface area (Å²) in [4.78, 5) is 39.1. The second kappa shape index (κ2) is 7.75. The highest BCUT2D eigenvalue weighted by molar-refractivity contribution is 5.94. The first-order valence-electron chi connectivity index (χ1n) is 8.99. The zero-order chi connectivity index (χ0) is 18.6. The number of furan rings is 1. The van der Waals surface area contributed by atoms with Gasteiger partial charge >= 0.3 is 0 Å². The first-order chi connectivity index (χ1) is 13.2. The maximum absolute atomic E-state index is 12.7. The van der Waals surface area contributed by atoms with Crippen LogP contribution in [0.25, 0.3) is 0 Å². The molecule has 0 radical (unpaired) electrons. The van der Waals surface area contributed by atoms with Crippen molar-refractivity contribution in [1.82, 2.24) is 19.8 Å². The van der Waals surface area contributed by atoms with Crippen LogP contribution in [0.1, 0.15) is 20.9 Å². The van der Waals surface area contributed by atoms with Crippen LogP contribution in [0.4, 0.5) is 5.95 Å². The molecular weight excluding hydrogens is 350 g/mol. The smallest absolute Gasteiger partial charge is 0.289 e. The zero-order valence-electron chi connectivity index (χ0n) is 14.9. The lowest BCUT2D eigenvalue weighted by Gasteiger charge is -2.34. The molecule has 4 heterocycles. The van der Waals surface area contributed by atoms with Crippen molar-refractivity contribution >= 4 is 17.8 Å². The minimum atomic E-state index is -0.148. The molecule has 2 aromatic rings. The van der Waals surface area contributed by atoms with E-state index in [-0.39, 0.29) is 11.8 Å². The fourth-order valence-corrected chi connectivity index (χ4v) is 3.21. The highest BCUT2D eigenvalue weighted by Gasteiger charge is 2.27. The molecular formula is C18H21N5O4. The summed E-state index contributed by atoms with van der Waals surface area (Å²) in [7, 11) is 0. The number of hydrogen-bond donors (Lipinski definition) is 0. The number of carbonyl (C=O) groups is 2. The third-order valence-electron chi connectivity index (χ3n) is 4.77. The van der Waals surface area contributed by atoms with Gasteiger partial charge in [0.2, 0.25) is 5.95 Å². The first-order valence-corrected chi connectivity index (χ1v) is 8.99. The lowest BCUT2D eigenvalue weighted by molar-refractivity contribution is 0.0517. The van der Waals surface area contributed by atoms with E-state index in [9.17, 15) is 9.59 Å². The molecule has 2 aliphatic rings. The standard InChI is InChI=1S/C18H21N5O4/c24-16(14-12-19-18(20-13-14)23-7-10-26-11-8-23)21-3-5-22(6-4-21)17(25)15-2-1-9-27-15/h1-2,9,12-13H,3-8,10-11H2. The van der Waals surface area contributed by atoms with E-state index >= 15 is 0 Å². The summed E-state index contributed by atoms with van der Waals surface area (Å²) in [5, 5.41) is 0. The second-order valence-corrected chi connectivity index (χ2v) is 6.43. The number of hydrogen-bond acceptors (Lipinski definition) is 7. The van der Waals surface area contributed by atoms with Gasteiger partial charge in [0.05, 0.1) is 25.0 Å². The van der Waals surface area contributed by atoms with E-state index < -0.39 is 0 Å². The van der Waals surface area contributed by atoms with Crippen LogP contribution < -0.4 is 4.90 Å². The monoisotopic (exact) mass is 371 g/mol. The Morgan fingerprint density at radius 2 is 1.52 bits per heavy atom. The quantitative estimate of drug-likeness (QED) is 0.776. The summed E-state index contributed by atoms with van der Waals surface area (Å²) in [6.45, 7) is 4.69. The predicted molar refractivity (Wildman–Crippen MR) is 95.6 cm³/mol. The SMILES string of the molecule is O=C(c1cnc(N2CCOCC2)nc1)N1CCN(C(=O)c2ccco2)CC1. The number of ether oxygens (including phenoxy) is 1. The number of rotatable bonds is 3. The van der Waals surface area contributed by atoms with Gasteiger partial charge in [0, 0.05) is 51.7 Å². The van der Waals surface area contributed by atoms with E-state index in [2.05, 4.69) is 9.97 Å².